The van der Waals surface area contributed by atoms with E-state index in [9.17, 15) is 18.0 Å². The van der Waals surface area contributed by atoms with Gasteiger partial charge in [0, 0.05) is 35.6 Å². The Morgan fingerprint density at radius 3 is 2.40 bits per heavy atom. The summed E-state index contributed by atoms with van der Waals surface area (Å²) in [4.78, 5) is 24.3. The van der Waals surface area contributed by atoms with Crippen molar-refractivity contribution in [3.8, 4) is 6.01 Å². The fourth-order valence-corrected chi connectivity index (χ4v) is 3.70. The number of nitrogens with zero attached hydrogens (tertiary/aromatic N) is 3. The first-order chi connectivity index (χ1) is 16.3. The summed E-state index contributed by atoms with van der Waals surface area (Å²) in [6, 6.07) is 8.85. The quantitative estimate of drug-likeness (QED) is 0.396. The fraction of sp³-hybridized carbons (Fsp3) is 0.333. The van der Waals surface area contributed by atoms with E-state index in [0.29, 0.717) is 16.5 Å². The number of halogens is 5. The van der Waals surface area contributed by atoms with Crippen molar-refractivity contribution in [1.29, 1.82) is 0 Å². The smallest absolute Gasteiger partial charge is 0.433 e. The number of amides is 1. The summed E-state index contributed by atoms with van der Waals surface area (Å²) < 4.78 is 44.3. The van der Waals surface area contributed by atoms with E-state index in [-0.39, 0.29) is 5.92 Å². The second kappa shape index (κ2) is 10.8. The average Bonchev–Trinajstić information content (AvgIpc) is 2.78. The van der Waals surface area contributed by atoms with Crippen LogP contribution in [0.15, 0.2) is 55.0 Å². The normalized spacial score (nSPS) is 13.7. The molecule has 0 spiro atoms. The van der Waals surface area contributed by atoms with Crippen LogP contribution in [-0.2, 0) is 17.4 Å². The fourth-order valence-electron chi connectivity index (χ4n) is 3.39. The summed E-state index contributed by atoms with van der Waals surface area (Å²) >= 11 is 12.1. The predicted molar refractivity (Wildman–Crippen MR) is 126 cm³/mol. The van der Waals surface area contributed by atoms with Crippen molar-refractivity contribution in [2.75, 3.05) is 0 Å². The Morgan fingerprint density at radius 1 is 1.09 bits per heavy atom. The molecule has 2 aromatic heterocycles. The average molecular weight is 527 g/mol. The predicted octanol–water partition coefficient (Wildman–Crippen LogP) is 5.89. The number of rotatable bonds is 8. The van der Waals surface area contributed by atoms with Crippen LogP contribution in [0.5, 0.6) is 6.01 Å². The summed E-state index contributed by atoms with van der Waals surface area (Å²) in [5, 5.41) is 3.95. The first kappa shape index (κ1) is 26.7. The van der Waals surface area contributed by atoms with E-state index in [1.54, 1.807) is 24.4 Å². The molecule has 1 N–H and O–H groups in total. The number of nitrogens with one attached hydrogen (secondary N) is 1. The molecule has 3 aromatic rings. The van der Waals surface area contributed by atoms with Crippen LogP contribution in [0.4, 0.5) is 13.2 Å². The first-order valence-electron chi connectivity index (χ1n) is 10.6. The van der Waals surface area contributed by atoms with Gasteiger partial charge >= 0.3 is 12.2 Å². The number of ether oxygens (including phenoxy) is 1. The third-order valence-electron chi connectivity index (χ3n) is 5.30. The topological polar surface area (TPSA) is 77.0 Å². The van der Waals surface area contributed by atoms with Crippen molar-refractivity contribution in [3.05, 3.63) is 81.9 Å². The maximum atomic E-state index is 13.1. The highest BCUT2D eigenvalue weighted by molar-refractivity contribution is 6.30. The molecule has 0 bridgehead atoms. The highest BCUT2D eigenvalue weighted by atomic mass is 35.5. The van der Waals surface area contributed by atoms with Gasteiger partial charge in [-0.1, -0.05) is 35.3 Å². The van der Waals surface area contributed by atoms with Crippen LogP contribution < -0.4 is 10.1 Å². The molecule has 1 amide bonds. The minimum atomic E-state index is -4.66. The minimum absolute atomic E-state index is 0.230. The van der Waals surface area contributed by atoms with E-state index in [1.165, 1.54) is 20.0 Å². The largest absolute Gasteiger partial charge is 0.447 e. The van der Waals surface area contributed by atoms with Gasteiger partial charge in [-0.25, -0.2) is 4.98 Å². The standard InChI is InChI=1S/C24H23Cl2F3N4O2/c1-14(19(16-11-18(26)13-30-12-16)10-15-4-6-17(25)7-5-15)32-21(34)23(2,3)35-22-31-9-8-20(33-22)24(27,28)29/h4-9,11-14,19H,10H2,1-3H3,(H,32,34). The molecule has 0 aliphatic heterocycles. The van der Waals surface area contributed by atoms with Crippen molar-refractivity contribution in [2.24, 2.45) is 0 Å². The third kappa shape index (κ3) is 7.29. The van der Waals surface area contributed by atoms with Gasteiger partial charge in [0.05, 0.1) is 5.02 Å². The lowest BCUT2D eigenvalue weighted by Crippen LogP contribution is -2.51. The van der Waals surface area contributed by atoms with Gasteiger partial charge in [0.1, 0.15) is 0 Å². The van der Waals surface area contributed by atoms with Crippen LogP contribution in [0, 0.1) is 0 Å². The Bertz CT molecular complexity index is 1170. The van der Waals surface area contributed by atoms with E-state index in [4.69, 9.17) is 27.9 Å². The number of carbonyl (C=O) groups excluding carboxylic acids is 1. The summed E-state index contributed by atoms with van der Waals surface area (Å²) in [7, 11) is 0. The summed E-state index contributed by atoms with van der Waals surface area (Å²) in [5.74, 6) is -0.783. The zero-order valence-corrected chi connectivity index (χ0v) is 20.6. The molecule has 35 heavy (non-hydrogen) atoms. The molecule has 2 atom stereocenters. The second-order valence-electron chi connectivity index (χ2n) is 8.47. The van der Waals surface area contributed by atoms with Crippen molar-refractivity contribution >= 4 is 29.1 Å². The molecule has 11 heteroatoms. The van der Waals surface area contributed by atoms with E-state index in [1.807, 2.05) is 19.1 Å². The maximum absolute atomic E-state index is 13.1. The zero-order valence-electron chi connectivity index (χ0n) is 19.1. The van der Waals surface area contributed by atoms with Crippen LogP contribution in [0.2, 0.25) is 10.0 Å². The Kier molecular flexibility index (Phi) is 8.22. The number of aromatic nitrogens is 3. The van der Waals surface area contributed by atoms with Gasteiger partial charge in [0.2, 0.25) is 0 Å². The lowest BCUT2D eigenvalue weighted by molar-refractivity contribution is -0.142. The van der Waals surface area contributed by atoms with Crippen LogP contribution in [0.3, 0.4) is 0 Å². The molecule has 186 valence electrons. The molecule has 2 heterocycles. The zero-order chi connectivity index (χ0) is 25.8. The van der Waals surface area contributed by atoms with E-state index >= 15 is 0 Å². The molecule has 2 unspecified atom stereocenters. The number of hydrogen-bond acceptors (Lipinski definition) is 5. The van der Waals surface area contributed by atoms with Gasteiger partial charge in [-0.2, -0.15) is 18.2 Å². The lowest BCUT2D eigenvalue weighted by Gasteiger charge is -2.30. The van der Waals surface area contributed by atoms with Crippen LogP contribution in [-0.4, -0.2) is 32.5 Å². The molecule has 0 saturated carbocycles. The van der Waals surface area contributed by atoms with E-state index < -0.39 is 35.4 Å². The Balaban J connectivity index is 1.79. The number of carbonyl (C=O) groups is 1. The highest BCUT2D eigenvalue weighted by Crippen LogP contribution is 2.29. The van der Waals surface area contributed by atoms with Gasteiger partial charge in [0.25, 0.3) is 5.91 Å². The van der Waals surface area contributed by atoms with E-state index in [2.05, 4.69) is 20.3 Å². The molecule has 0 radical (unpaired) electrons. The molecule has 6 nitrogen and oxygen atoms in total. The molecule has 1 aromatic carbocycles. The number of pyridine rings is 1. The molecular weight excluding hydrogens is 504 g/mol. The Morgan fingerprint density at radius 2 is 1.77 bits per heavy atom. The van der Waals surface area contributed by atoms with Gasteiger partial charge in [0.15, 0.2) is 11.3 Å². The second-order valence-corrected chi connectivity index (χ2v) is 9.34. The van der Waals surface area contributed by atoms with E-state index in [0.717, 1.165) is 23.4 Å². The van der Waals surface area contributed by atoms with Crippen LogP contribution in [0.25, 0.3) is 0 Å². The van der Waals surface area contributed by atoms with Gasteiger partial charge in [-0.3, -0.25) is 9.78 Å². The molecule has 0 aliphatic rings. The number of alkyl halides is 3. The molecule has 0 saturated heterocycles. The molecule has 3 rings (SSSR count). The van der Waals surface area contributed by atoms with Gasteiger partial charge in [-0.15, -0.1) is 0 Å². The number of hydrogen-bond donors (Lipinski definition) is 1. The monoisotopic (exact) mass is 526 g/mol. The SMILES string of the molecule is CC(NC(=O)C(C)(C)Oc1nccc(C(F)(F)F)n1)C(Cc1ccc(Cl)cc1)c1cncc(Cl)c1. The Labute approximate surface area is 210 Å². The summed E-state index contributed by atoms with van der Waals surface area (Å²) in [5.41, 5.74) is -0.937. The van der Waals surface area contributed by atoms with Crippen LogP contribution >= 0.6 is 23.2 Å². The molecule has 0 fully saturated rings. The molecule has 0 aliphatic carbocycles. The summed E-state index contributed by atoms with van der Waals surface area (Å²) in [6.45, 7) is 4.66. The lowest BCUT2D eigenvalue weighted by atomic mass is 9.87. The van der Waals surface area contributed by atoms with Gasteiger partial charge in [-0.05, 0) is 62.6 Å². The molecular formula is C24H23Cl2F3N4O2. The highest BCUT2D eigenvalue weighted by Gasteiger charge is 2.36. The van der Waals surface area contributed by atoms with Crippen molar-refractivity contribution in [1.82, 2.24) is 20.3 Å². The van der Waals surface area contributed by atoms with Crippen LogP contribution in [0.1, 0.15) is 43.5 Å². The van der Waals surface area contributed by atoms with Crippen molar-refractivity contribution < 1.29 is 22.7 Å². The third-order valence-corrected chi connectivity index (χ3v) is 5.76. The Hall–Kier alpha value is -2.91. The summed E-state index contributed by atoms with van der Waals surface area (Å²) in [6.07, 6.45) is -0.0104. The maximum Gasteiger partial charge on any atom is 0.433 e. The van der Waals surface area contributed by atoms with Crippen molar-refractivity contribution in [3.63, 3.8) is 0 Å². The van der Waals surface area contributed by atoms with Crippen molar-refractivity contribution in [2.45, 2.75) is 50.9 Å². The van der Waals surface area contributed by atoms with Gasteiger partial charge < -0.3 is 10.1 Å². The first-order valence-corrected chi connectivity index (χ1v) is 11.4. The minimum Gasteiger partial charge on any atom is -0.447 e. The number of benzene rings is 1.